The lowest BCUT2D eigenvalue weighted by atomic mass is 10.2. The Morgan fingerprint density at radius 2 is 1.90 bits per heavy atom. The van der Waals surface area contributed by atoms with E-state index in [0.29, 0.717) is 32.0 Å². The SMILES string of the molecule is COc1ccc(Cl)cc1Nc1ccc(C(N)=S)cc1Cl. The van der Waals surface area contributed by atoms with Crippen LogP contribution in [-0.4, -0.2) is 12.1 Å². The fraction of sp³-hybridized carbons (Fsp3) is 0.0714. The predicted molar refractivity (Wildman–Crippen MR) is 88.6 cm³/mol. The van der Waals surface area contributed by atoms with Crippen LogP contribution in [0, 0.1) is 0 Å². The number of ether oxygens (including phenoxy) is 1. The maximum Gasteiger partial charge on any atom is 0.142 e. The first-order valence-corrected chi connectivity index (χ1v) is 6.87. The van der Waals surface area contributed by atoms with Crippen LogP contribution < -0.4 is 15.8 Å². The normalized spacial score (nSPS) is 10.2. The van der Waals surface area contributed by atoms with Gasteiger partial charge in [-0.05, 0) is 36.4 Å². The molecule has 0 aliphatic rings. The average molecular weight is 327 g/mol. The summed E-state index contributed by atoms with van der Waals surface area (Å²) < 4.78 is 5.27. The Bertz CT molecular complexity index is 662. The summed E-state index contributed by atoms with van der Waals surface area (Å²) in [4.78, 5) is 0.304. The van der Waals surface area contributed by atoms with Gasteiger partial charge in [0.1, 0.15) is 10.7 Å². The summed E-state index contributed by atoms with van der Waals surface area (Å²) in [5.41, 5.74) is 7.72. The molecule has 0 bridgehead atoms. The van der Waals surface area contributed by atoms with Crippen molar-refractivity contribution in [2.45, 2.75) is 0 Å². The Morgan fingerprint density at radius 3 is 2.50 bits per heavy atom. The molecule has 3 nitrogen and oxygen atoms in total. The molecule has 20 heavy (non-hydrogen) atoms. The van der Waals surface area contributed by atoms with Gasteiger partial charge >= 0.3 is 0 Å². The van der Waals surface area contributed by atoms with Crippen LogP contribution in [0.15, 0.2) is 36.4 Å². The van der Waals surface area contributed by atoms with Crippen molar-refractivity contribution in [1.29, 1.82) is 0 Å². The lowest BCUT2D eigenvalue weighted by Crippen LogP contribution is -2.09. The summed E-state index contributed by atoms with van der Waals surface area (Å²) in [5.74, 6) is 0.670. The molecule has 2 aromatic rings. The van der Waals surface area contributed by atoms with Crippen LogP contribution in [0.3, 0.4) is 0 Å². The fourth-order valence-corrected chi connectivity index (χ4v) is 2.22. The van der Waals surface area contributed by atoms with Crippen molar-refractivity contribution < 1.29 is 4.74 Å². The third-order valence-corrected chi connectivity index (χ3v) is 3.47. The largest absolute Gasteiger partial charge is 0.495 e. The van der Waals surface area contributed by atoms with Crippen molar-refractivity contribution in [3.8, 4) is 5.75 Å². The second-order valence-electron chi connectivity index (χ2n) is 4.03. The van der Waals surface area contributed by atoms with Crippen LogP contribution in [-0.2, 0) is 0 Å². The lowest BCUT2D eigenvalue weighted by molar-refractivity contribution is 0.417. The summed E-state index contributed by atoms with van der Waals surface area (Å²) >= 11 is 17.1. The molecule has 0 saturated heterocycles. The number of nitrogens with two attached hydrogens (primary N) is 1. The predicted octanol–water partition coefficient (Wildman–Crippen LogP) is 4.38. The van der Waals surface area contributed by atoms with Crippen molar-refractivity contribution in [3.05, 3.63) is 52.0 Å². The van der Waals surface area contributed by atoms with Crippen molar-refractivity contribution in [2.24, 2.45) is 5.73 Å². The molecule has 0 aromatic heterocycles. The molecule has 2 aromatic carbocycles. The van der Waals surface area contributed by atoms with E-state index in [0.717, 1.165) is 5.69 Å². The number of benzene rings is 2. The van der Waals surface area contributed by atoms with Crippen LogP contribution >= 0.6 is 35.4 Å². The van der Waals surface area contributed by atoms with E-state index < -0.39 is 0 Å². The Labute approximate surface area is 132 Å². The molecule has 0 aliphatic heterocycles. The van der Waals surface area contributed by atoms with Gasteiger partial charge in [0, 0.05) is 10.6 Å². The minimum absolute atomic E-state index is 0.304. The van der Waals surface area contributed by atoms with Gasteiger partial charge in [-0.1, -0.05) is 35.4 Å². The maximum atomic E-state index is 6.21. The number of thiocarbonyl (C=S) groups is 1. The summed E-state index contributed by atoms with van der Waals surface area (Å²) in [6.07, 6.45) is 0. The highest BCUT2D eigenvalue weighted by Gasteiger charge is 2.08. The van der Waals surface area contributed by atoms with E-state index in [1.54, 1.807) is 43.5 Å². The van der Waals surface area contributed by atoms with Gasteiger partial charge in [0.05, 0.1) is 23.5 Å². The van der Waals surface area contributed by atoms with E-state index in [2.05, 4.69) is 5.32 Å². The van der Waals surface area contributed by atoms with E-state index in [1.165, 1.54) is 0 Å². The van der Waals surface area contributed by atoms with Gasteiger partial charge < -0.3 is 15.8 Å². The Hall–Kier alpha value is -1.49. The minimum Gasteiger partial charge on any atom is -0.495 e. The number of halogens is 2. The van der Waals surface area contributed by atoms with Crippen LogP contribution in [0.25, 0.3) is 0 Å². The number of hydrogen-bond donors (Lipinski definition) is 2. The molecule has 6 heteroatoms. The fourth-order valence-electron chi connectivity index (χ4n) is 1.69. The van der Waals surface area contributed by atoms with E-state index in [-0.39, 0.29) is 0 Å². The monoisotopic (exact) mass is 326 g/mol. The van der Waals surface area contributed by atoms with Gasteiger partial charge in [-0.25, -0.2) is 0 Å². The molecular formula is C14H12Cl2N2OS. The van der Waals surface area contributed by atoms with Crippen LogP contribution in [0.4, 0.5) is 11.4 Å². The van der Waals surface area contributed by atoms with E-state index in [9.17, 15) is 0 Å². The summed E-state index contributed by atoms with van der Waals surface area (Å²) in [6, 6.07) is 10.6. The summed E-state index contributed by atoms with van der Waals surface area (Å²) in [6.45, 7) is 0. The zero-order valence-corrected chi connectivity index (χ0v) is 12.9. The first-order chi connectivity index (χ1) is 9.51. The Kier molecular flexibility index (Phi) is 4.70. The molecule has 0 heterocycles. The third kappa shape index (κ3) is 3.33. The van der Waals surface area contributed by atoms with Crippen molar-refractivity contribution in [1.82, 2.24) is 0 Å². The van der Waals surface area contributed by atoms with Gasteiger partial charge in [0.2, 0.25) is 0 Å². The molecule has 0 spiro atoms. The molecule has 0 radical (unpaired) electrons. The van der Waals surface area contributed by atoms with E-state index >= 15 is 0 Å². The number of hydrogen-bond acceptors (Lipinski definition) is 3. The molecule has 0 amide bonds. The molecule has 0 unspecified atom stereocenters. The lowest BCUT2D eigenvalue weighted by Gasteiger charge is -2.13. The molecule has 2 rings (SSSR count). The first kappa shape index (κ1) is 14.9. The molecule has 0 fully saturated rings. The van der Waals surface area contributed by atoms with Crippen molar-refractivity contribution in [2.75, 3.05) is 12.4 Å². The highest BCUT2D eigenvalue weighted by Crippen LogP contribution is 2.33. The summed E-state index contributed by atoms with van der Waals surface area (Å²) in [7, 11) is 1.59. The highest BCUT2D eigenvalue weighted by atomic mass is 35.5. The standard InChI is InChI=1S/C14H12Cl2N2OS/c1-19-13-5-3-9(15)7-12(13)18-11-4-2-8(14(17)20)6-10(11)16/h2-7,18H,1H3,(H2,17,20). The van der Waals surface area contributed by atoms with Crippen LogP contribution in [0.2, 0.25) is 10.0 Å². The van der Waals surface area contributed by atoms with Crippen molar-refractivity contribution >= 4 is 51.8 Å². The Morgan fingerprint density at radius 1 is 1.15 bits per heavy atom. The van der Waals surface area contributed by atoms with Gasteiger partial charge in [-0.2, -0.15) is 0 Å². The zero-order valence-electron chi connectivity index (χ0n) is 10.6. The third-order valence-electron chi connectivity index (χ3n) is 2.68. The zero-order chi connectivity index (χ0) is 14.7. The molecule has 3 N–H and O–H groups in total. The average Bonchev–Trinajstić information content (AvgIpc) is 2.41. The number of methoxy groups -OCH3 is 1. The second-order valence-corrected chi connectivity index (χ2v) is 5.31. The van der Waals surface area contributed by atoms with Crippen LogP contribution in [0.5, 0.6) is 5.75 Å². The molecule has 0 saturated carbocycles. The molecule has 0 aliphatic carbocycles. The van der Waals surface area contributed by atoms with Gasteiger partial charge in [0.25, 0.3) is 0 Å². The smallest absolute Gasteiger partial charge is 0.142 e. The quantitative estimate of drug-likeness (QED) is 0.818. The maximum absolute atomic E-state index is 6.21. The number of anilines is 2. The second kappa shape index (κ2) is 6.31. The number of rotatable bonds is 4. The van der Waals surface area contributed by atoms with Crippen LogP contribution in [0.1, 0.15) is 5.56 Å². The van der Waals surface area contributed by atoms with E-state index in [4.69, 9.17) is 45.9 Å². The van der Waals surface area contributed by atoms with Gasteiger partial charge in [-0.3, -0.25) is 0 Å². The van der Waals surface area contributed by atoms with Gasteiger partial charge in [-0.15, -0.1) is 0 Å². The molecular weight excluding hydrogens is 315 g/mol. The van der Waals surface area contributed by atoms with Gasteiger partial charge in [0.15, 0.2) is 0 Å². The first-order valence-electron chi connectivity index (χ1n) is 5.71. The van der Waals surface area contributed by atoms with E-state index in [1.807, 2.05) is 0 Å². The minimum atomic E-state index is 0.304. The molecule has 0 atom stereocenters. The Balaban J connectivity index is 2.35. The highest BCUT2D eigenvalue weighted by molar-refractivity contribution is 7.80. The summed E-state index contributed by atoms with van der Waals surface area (Å²) in [5, 5.41) is 4.29. The van der Waals surface area contributed by atoms with Crippen molar-refractivity contribution in [3.63, 3.8) is 0 Å². The number of nitrogens with one attached hydrogen (secondary N) is 1. The molecule has 104 valence electrons. The topological polar surface area (TPSA) is 47.3 Å².